The summed E-state index contributed by atoms with van der Waals surface area (Å²) in [6.45, 7) is 3.43. The minimum Gasteiger partial charge on any atom is -0.394 e. The third kappa shape index (κ3) is 5.68. The predicted molar refractivity (Wildman–Crippen MR) is 115 cm³/mol. The molecule has 28 heavy (non-hydrogen) atoms. The summed E-state index contributed by atoms with van der Waals surface area (Å²) in [6.07, 6.45) is 2.52. The molecule has 1 fully saturated rings. The summed E-state index contributed by atoms with van der Waals surface area (Å²) < 4.78 is 1.05. The second-order valence-electron chi connectivity index (χ2n) is 6.87. The zero-order valence-electron chi connectivity index (χ0n) is 15.8. The number of anilines is 1. The fourth-order valence-corrected chi connectivity index (χ4v) is 4.15. The zero-order valence-corrected chi connectivity index (χ0v) is 18.2. The molecule has 0 radical (unpaired) electrons. The minimum atomic E-state index is -0.169. The minimum absolute atomic E-state index is 0.0148. The third-order valence-corrected chi connectivity index (χ3v) is 6.30. The summed E-state index contributed by atoms with van der Waals surface area (Å²) in [6, 6.07) is 11.8. The molecular formula is C20H25BrN4O2S. The average Bonchev–Trinajstić information content (AvgIpc) is 2.74. The normalized spacial score (nSPS) is 18.0. The van der Waals surface area contributed by atoms with Gasteiger partial charge in [0.2, 0.25) is 5.91 Å². The van der Waals surface area contributed by atoms with Gasteiger partial charge in [0.1, 0.15) is 5.03 Å². The molecule has 0 bridgehead atoms. The summed E-state index contributed by atoms with van der Waals surface area (Å²) in [5.74, 6) is 0.723. The van der Waals surface area contributed by atoms with E-state index in [0.717, 1.165) is 46.0 Å². The standard InChI is InChI=1S/C20H25BrN4O2S/c1-2-16(13-26)22-20(27)14-4-3-11-25(12-14)18-9-10-19(24-23-18)28-17-7-5-15(21)6-8-17/h5-10,14,16,26H,2-4,11-13H2,1H3,(H,22,27). The number of benzene rings is 1. The van der Waals surface area contributed by atoms with Gasteiger partial charge in [-0.3, -0.25) is 4.79 Å². The maximum absolute atomic E-state index is 12.5. The van der Waals surface area contributed by atoms with Crippen LogP contribution < -0.4 is 10.2 Å². The van der Waals surface area contributed by atoms with E-state index in [1.807, 2.05) is 43.3 Å². The van der Waals surface area contributed by atoms with Crippen LogP contribution in [0.3, 0.4) is 0 Å². The van der Waals surface area contributed by atoms with Gasteiger partial charge in [0.05, 0.1) is 18.6 Å². The molecule has 2 atom stereocenters. The van der Waals surface area contributed by atoms with Crippen LogP contribution in [0, 0.1) is 5.92 Å². The Morgan fingerprint density at radius 2 is 2.11 bits per heavy atom. The first-order chi connectivity index (χ1) is 13.6. The lowest BCUT2D eigenvalue weighted by atomic mass is 9.96. The number of aliphatic hydroxyl groups excluding tert-OH is 1. The molecule has 8 heteroatoms. The van der Waals surface area contributed by atoms with Gasteiger partial charge in [-0.1, -0.05) is 34.6 Å². The molecule has 1 aromatic carbocycles. The molecule has 2 aromatic rings. The van der Waals surface area contributed by atoms with E-state index < -0.39 is 0 Å². The van der Waals surface area contributed by atoms with Gasteiger partial charge < -0.3 is 15.3 Å². The largest absolute Gasteiger partial charge is 0.394 e. The molecular weight excluding hydrogens is 440 g/mol. The van der Waals surface area contributed by atoms with Crippen LogP contribution in [-0.4, -0.2) is 46.9 Å². The monoisotopic (exact) mass is 464 g/mol. The average molecular weight is 465 g/mol. The molecule has 0 spiro atoms. The number of hydrogen-bond donors (Lipinski definition) is 2. The van der Waals surface area contributed by atoms with E-state index in [0.29, 0.717) is 6.54 Å². The fourth-order valence-electron chi connectivity index (χ4n) is 3.15. The first-order valence-corrected chi connectivity index (χ1v) is 11.1. The smallest absolute Gasteiger partial charge is 0.225 e. The van der Waals surface area contributed by atoms with E-state index in [1.165, 1.54) is 0 Å². The lowest BCUT2D eigenvalue weighted by Gasteiger charge is -2.33. The Morgan fingerprint density at radius 3 is 2.75 bits per heavy atom. The van der Waals surface area contributed by atoms with E-state index in [1.54, 1.807) is 11.8 Å². The van der Waals surface area contributed by atoms with Gasteiger partial charge in [0, 0.05) is 22.5 Å². The van der Waals surface area contributed by atoms with Crippen LogP contribution in [0.5, 0.6) is 0 Å². The molecule has 150 valence electrons. The topological polar surface area (TPSA) is 78.4 Å². The van der Waals surface area contributed by atoms with Crippen LogP contribution in [-0.2, 0) is 4.79 Å². The van der Waals surface area contributed by atoms with Crippen LogP contribution in [0.4, 0.5) is 5.82 Å². The number of amides is 1. The number of piperidine rings is 1. The zero-order chi connectivity index (χ0) is 19.9. The van der Waals surface area contributed by atoms with Crippen molar-refractivity contribution >= 4 is 39.4 Å². The van der Waals surface area contributed by atoms with Crippen LogP contribution in [0.25, 0.3) is 0 Å². The summed E-state index contributed by atoms with van der Waals surface area (Å²) in [7, 11) is 0. The highest BCUT2D eigenvalue weighted by molar-refractivity contribution is 9.10. The van der Waals surface area contributed by atoms with E-state index >= 15 is 0 Å². The van der Waals surface area contributed by atoms with Crippen molar-refractivity contribution in [2.24, 2.45) is 5.92 Å². The molecule has 0 saturated carbocycles. The van der Waals surface area contributed by atoms with Gasteiger partial charge in [0.25, 0.3) is 0 Å². The lowest BCUT2D eigenvalue weighted by Crippen LogP contribution is -2.47. The molecule has 1 aliphatic rings. The number of halogens is 1. The molecule has 3 rings (SSSR count). The quantitative estimate of drug-likeness (QED) is 0.652. The molecule has 1 saturated heterocycles. The highest BCUT2D eigenvalue weighted by Gasteiger charge is 2.27. The van der Waals surface area contributed by atoms with Crippen molar-refractivity contribution in [2.45, 2.75) is 42.1 Å². The predicted octanol–water partition coefficient (Wildman–Crippen LogP) is 3.49. The van der Waals surface area contributed by atoms with Crippen LogP contribution in [0.1, 0.15) is 26.2 Å². The van der Waals surface area contributed by atoms with E-state index in [2.05, 4.69) is 36.3 Å². The Labute approximate surface area is 178 Å². The second kappa shape index (κ2) is 10.2. The first kappa shape index (κ1) is 21.1. The lowest BCUT2D eigenvalue weighted by molar-refractivity contribution is -0.126. The van der Waals surface area contributed by atoms with Gasteiger partial charge in [0.15, 0.2) is 5.82 Å². The molecule has 2 heterocycles. The van der Waals surface area contributed by atoms with Crippen LogP contribution in [0.15, 0.2) is 50.8 Å². The van der Waals surface area contributed by atoms with Crippen molar-refractivity contribution in [3.8, 4) is 0 Å². The van der Waals surface area contributed by atoms with Gasteiger partial charge in [-0.15, -0.1) is 10.2 Å². The number of carbonyl (C=O) groups is 1. The summed E-state index contributed by atoms with van der Waals surface area (Å²) in [4.78, 5) is 15.7. The maximum Gasteiger partial charge on any atom is 0.225 e. The SMILES string of the molecule is CCC(CO)NC(=O)C1CCCN(c2ccc(Sc3ccc(Br)cc3)nn2)C1. The Morgan fingerprint density at radius 1 is 1.32 bits per heavy atom. The fraction of sp³-hybridized carbons (Fsp3) is 0.450. The molecule has 0 aliphatic carbocycles. The van der Waals surface area contributed by atoms with Crippen molar-refractivity contribution in [2.75, 3.05) is 24.6 Å². The van der Waals surface area contributed by atoms with Gasteiger partial charge in [-0.25, -0.2) is 0 Å². The Kier molecular flexibility index (Phi) is 7.70. The van der Waals surface area contributed by atoms with E-state index in [4.69, 9.17) is 0 Å². The second-order valence-corrected chi connectivity index (χ2v) is 8.88. The van der Waals surface area contributed by atoms with Gasteiger partial charge in [-0.05, 0) is 55.7 Å². The van der Waals surface area contributed by atoms with Crippen molar-refractivity contribution in [3.63, 3.8) is 0 Å². The number of aromatic nitrogens is 2. The highest BCUT2D eigenvalue weighted by atomic mass is 79.9. The summed E-state index contributed by atoms with van der Waals surface area (Å²) >= 11 is 5.01. The van der Waals surface area contributed by atoms with Crippen LogP contribution >= 0.6 is 27.7 Å². The number of nitrogens with zero attached hydrogens (tertiary/aromatic N) is 3. The Hall–Kier alpha value is -1.64. The van der Waals surface area contributed by atoms with Crippen molar-refractivity contribution < 1.29 is 9.90 Å². The highest BCUT2D eigenvalue weighted by Crippen LogP contribution is 2.28. The Bertz CT molecular complexity index is 769. The molecule has 6 nitrogen and oxygen atoms in total. The summed E-state index contributed by atoms with van der Waals surface area (Å²) in [5.41, 5.74) is 0. The molecule has 1 amide bonds. The molecule has 2 unspecified atom stereocenters. The number of carbonyl (C=O) groups excluding carboxylic acids is 1. The number of nitrogens with one attached hydrogen (secondary N) is 1. The van der Waals surface area contributed by atoms with Crippen molar-refractivity contribution in [3.05, 3.63) is 40.9 Å². The maximum atomic E-state index is 12.5. The van der Waals surface area contributed by atoms with Crippen molar-refractivity contribution in [1.29, 1.82) is 0 Å². The third-order valence-electron chi connectivity index (χ3n) is 4.84. The number of hydrogen-bond acceptors (Lipinski definition) is 6. The number of aliphatic hydroxyl groups is 1. The molecule has 1 aromatic heterocycles. The van der Waals surface area contributed by atoms with Crippen LogP contribution in [0.2, 0.25) is 0 Å². The van der Waals surface area contributed by atoms with Crippen molar-refractivity contribution in [1.82, 2.24) is 15.5 Å². The van der Waals surface area contributed by atoms with Gasteiger partial charge in [-0.2, -0.15) is 0 Å². The van der Waals surface area contributed by atoms with E-state index in [9.17, 15) is 9.90 Å². The first-order valence-electron chi connectivity index (χ1n) is 9.52. The summed E-state index contributed by atoms with van der Waals surface area (Å²) in [5, 5.41) is 21.8. The van der Waals surface area contributed by atoms with Gasteiger partial charge >= 0.3 is 0 Å². The molecule has 2 N–H and O–H groups in total. The molecule has 1 aliphatic heterocycles. The Balaban J connectivity index is 1.60. The number of rotatable bonds is 7. The van der Waals surface area contributed by atoms with E-state index in [-0.39, 0.29) is 24.5 Å².